The van der Waals surface area contributed by atoms with E-state index in [9.17, 15) is 18.0 Å². The Kier molecular flexibility index (Phi) is 6.40. The van der Waals surface area contributed by atoms with Gasteiger partial charge in [0.1, 0.15) is 0 Å². The number of sulfonamides is 1. The van der Waals surface area contributed by atoms with Gasteiger partial charge in [-0.2, -0.15) is 4.31 Å². The molecular formula is C20H29N3O4S. The third-order valence-electron chi connectivity index (χ3n) is 5.77. The van der Waals surface area contributed by atoms with Crippen molar-refractivity contribution in [3.63, 3.8) is 0 Å². The molecule has 1 aliphatic carbocycles. The van der Waals surface area contributed by atoms with Crippen molar-refractivity contribution in [2.45, 2.75) is 50.5 Å². The molecule has 1 aliphatic heterocycles. The molecule has 28 heavy (non-hydrogen) atoms. The molecule has 8 heteroatoms. The second-order valence-electron chi connectivity index (χ2n) is 7.47. The lowest BCUT2D eigenvalue weighted by atomic mass is 10.1. The van der Waals surface area contributed by atoms with Gasteiger partial charge in [-0.25, -0.2) is 8.42 Å². The average Bonchev–Trinajstić information content (AvgIpc) is 3.23. The number of hydrogen-bond acceptors (Lipinski definition) is 4. The Morgan fingerprint density at radius 3 is 2.32 bits per heavy atom. The van der Waals surface area contributed by atoms with Crippen molar-refractivity contribution in [1.82, 2.24) is 14.1 Å². The monoisotopic (exact) mass is 407 g/mol. The first-order valence-electron chi connectivity index (χ1n) is 10.0. The molecule has 0 aromatic heterocycles. The fourth-order valence-corrected chi connectivity index (χ4v) is 5.60. The summed E-state index contributed by atoms with van der Waals surface area (Å²) >= 11 is 0. The first-order chi connectivity index (χ1) is 13.3. The second-order valence-corrected chi connectivity index (χ2v) is 9.41. The van der Waals surface area contributed by atoms with Gasteiger partial charge in [0.15, 0.2) is 0 Å². The lowest BCUT2D eigenvalue weighted by molar-refractivity contribution is -0.129. The maximum absolute atomic E-state index is 13.0. The first kappa shape index (κ1) is 20.8. The van der Waals surface area contributed by atoms with Crippen LogP contribution in [0.15, 0.2) is 29.2 Å². The van der Waals surface area contributed by atoms with Gasteiger partial charge in [0.2, 0.25) is 15.9 Å². The predicted molar refractivity (Wildman–Crippen MR) is 106 cm³/mol. The lowest BCUT2D eigenvalue weighted by Crippen LogP contribution is -2.49. The van der Waals surface area contributed by atoms with Crippen molar-refractivity contribution in [2.75, 3.05) is 32.7 Å². The molecule has 1 aromatic carbocycles. The Balaban J connectivity index is 1.78. The van der Waals surface area contributed by atoms with E-state index in [1.54, 1.807) is 17.0 Å². The van der Waals surface area contributed by atoms with Crippen molar-refractivity contribution in [3.8, 4) is 0 Å². The van der Waals surface area contributed by atoms with Crippen molar-refractivity contribution in [2.24, 2.45) is 0 Å². The Morgan fingerprint density at radius 1 is 1.11 bits per heavy atom. The normalized spacial score (nSPS) is 19.0. The number of carbonyl (C=O) groups excluding carboxylic acids is 2. The highest BCUT2D eigenvalue weighted by Crippen LogP contribution is 2.26. The van der Waals surface area contributed by atoms with Crippen LogP contribution in [0, 0.1) is 0 Å². The average molecular weight is 408 g/mol. The third-order valence-corrected chi connectivity index (χ3v) is 7.66. The van der Waals surface area contributed by atoms with Crippen molar-refractivity contribution in [1.29, 1.82) is 0 Å². The number of carbonyl (C=O) groups is 2. The molecule has 0 radical (unpaired) electrons. The molecule has 2 aliphatic rings. The number of rotatable bonds is 5. The van der Waals surface area contributed by atoms with E-state index in [1.165, 1.54) is 23.4 Å². The summed E-state index contributed by atoms with van der Waals surface area (Å²) < 4.78 is 27.5. The maximum atomic E-state index is 13.0. The molecule has 1 saturated carbocycles. The van der Waals surface area contributed by atoms with Crippen LogP contribution in [-0.4, -0.2) is 73.1 Å². The molecular weight excluding hydrogens is 378 g/mol. The molecule has 1 saturated heterocycles. The van der Waals surface area contributed by atoms with Gasteiger partial charge < -0.3 is 9.80 Å². The highest BCUT2D eigenvalue weighted by Gasteiger charge is 2.31. The molecule has 2 amide bonds. The van der Waals surface area contributed by atoms with Crippen molar-refractivity contribution < 1.29 is 18.0 Å². The van der Waals surface area contributed by atoms with Gasteiger partial charge in [-0.3, -0.25) is 9.59 Å². The van der Waals surface area contributed by atoms with Crippen LogP contribution in [0.4, 0.5) is 0 Å². The molecule has 154 valence electrons. The summed E-state index contributed by atoms with van der Waals surface area (Å²) in [6, 6.07) is 6.60. The summed E-state index contributed by atoms with van der Waals surface area (Å²) in [5.41, 5.74) is 0.414. The summed E-state index contributed by atoms with van der Waals surface area (Å²) in [5, 5.41) is 0. The van der Waals surface area contributed by atoms with Gasteiger partial charge in [0.25, 0.3) is 5.91 Å². The number of benzene rings is 1. The van der Waals surface area contributed by atoms with Crippen molar-refractivity contribution >= 4 is 21.8 Å². The fraction of sp³-hybridized carbons (Fsp3) is 0.600. The van der Waals surface area contributed by atoms with Gasteiger partial charge in [-0.15, -0.1) is 0 Å². The van der Waals surface area contributed by atoms with Crippen LogP contribution in [-0.2, 0) is 14.8 Å². The molecule has 0 atom stereocenters. The van der Waals surface area contributed by atoms with E-state index in [0.717, 1.165) is 25.7 Å². The lowest BCUT2D eigenvalue weighted by Gasteiger charge is -2.33. The maximum Gasteiger partial charge on any atom is 0.254 e. The van der Waals surface area contributed by atoms with Crippen molar-refractivity contribution in [3.05, 3.63) is 29.8 Å². The number of amides is 2. The van der Waals surface area contributed by atoms with Crippen LogP contribution >= 0.6 is 0 Å². The Labute approximate surface area is 167 Å². The smallest absolute Gasteiger partial charge is 0.254 e. The van der Waals surface area contributed by atoms with Crippen LogP contribution < -0.4 is 0 Å². The van der Waals surface area contributed by atoms with E-state index in [-0.39, 0.29) is 35.8 Å². The van der Waals surface area contributed by atoms with Crippen LogP contribution in [0.25, 0.3) is 0 Å². The molecule has 2 fully saturated rings. The Hall–Kier alpha value is -1.93. The fourth-order valence-electron chi connectivity index (χ4n) is 4.13. The zero-order chi connectivity index (χ0) is 20.3. The molecule has 0 unspecified atom stereocenters. The first-order valence-corrected chi connectivity index (χ1v) is 11.4. The Bertz CT molecular complexity index is 826. The Morgan fingerprint density at radius 2 is 1.75 bits per heavy atom. The number of nitrogens with zero attached hydrogens (tertiary/aromatic N) is 3. The minimum Gasteiger partial charge on any atom is -0.340 e. The van der Waals surface area contributed by atoms with E-state index in [1.807, 2.05) is 11.8 Å². The topological polar surface area (TPSA) is 78.0 Å². The van der Waals surface area contributed by atoms with E-state index >= 15 is 0 Å². The molecule has 0 N–H and O–H groups in total. The molecule has 0 spiro atoms. The highest BCUT2D eigenvalue weighted by molar-refractivity contribution is 7.89. The molecule has 1 aromatic rings. The van der Waals surface area contributed by atoms with Gasteiger partial charge in [-0.1, -0.05) is 18.9 Å². The van der Waals surface area contributed by atoms with Gasteiger partial charge >= 0.3 is 0 Å². The van der Waals surface area contributed by atoms with Crippen LogP contribution in [0.2, 0.25) is 0 Å². The summed E-state index contributed by atoms with van der Waals surface area (Å²) in [5.74, 6) is -0.149. The molecule has 7 nitrogen and oxygen atoms in total. The zero-order valence-corrected chi connectivity index (χ0v) is 17.5. The molecule has 1 heterocycles. The van der Waals surface area contributed by atoms with Gasteiger partial charge in [0.05, 0.1) is 4.90 Å². The minimum atomic E-state index is -3.69. The third kappa shape index (κ3) is 4.22. The molecule has 0 bridgehead atoms. The number of piperazine rings is 1. The summed E-state index contributed by atoms with van der Waals surface area (Å²) in [7, 11) is -3.69. The van der Waals surface area contributed by atoms with E-state index < -0.39 is 10.0 Å². The highest BCUT2D eigenvalue weighted by atomic mass is 32.2. The summed E-state index contributed by atoms with van der Waals surface area (Å²) in [6.45, 7) is 5.38. The summed E-state index contributed by atoms with van der Waals surface area (Å²) in [4.78, 5) is 28.1. The molecule has 3 rings (SSSR count). The second kappa shape index (κ2) is 8.61. The van der Waals surface area contributed by atoms with Gasteiger partial charge in [-0.05, 0) is 38.0 Å². The predicted octanol–water partition coefficient (Wildman–Crippen LogP) is 1.94. The van der Waals surface area contributed by atoms with Crippen LogP contribution in [0.1, 0.15) is 49.9 Å². The summed E-state index contributed by atoms with van der Waals surface area (Å²) in [6.07, 6.45) is 4.29. The standard InChI is InChI=1S/C20H29N3O4S/c1-3-23(18-8-4-5-9-18)20(25)17-7-6-10-19(15-17)28(26,27)22-13-11-21(12-14-22)16(2)24/h6-7,10,15,18H,3-5,8-9,11-14H2,1-2H3. The quantitative estimate of drug-likeness (QED) is 0.747. The largest absolute Gasteiger partial charge is 0.340 e. The minimum absolute atomic E-state index is 0.0452. The van der Waals surface area contributed by atoms with E-state index in [2.05, 4.69) is 0 Å². The van der Waals surface area contributed by atoms with Gasteiger partial charge in [0, 0.05) is 51.3 Å². The zero-order valence-electron chi connectivity index (χ0n) is 16.6. The van der Waals surface area contributed by atoms with E-state index in [4.69, 9.17) is 0 Å². The SMILES string of the molecule is CCN(C(=O)c1cccc(S(=O)(=O)N2CCN(C(C)=O)CC2)c1)C1CCCC1. The van der Waals surface area contributed by atoms with E-state index in [0.29, 0.717) is 25.2 Å². The van der Waals surface area contributed by atoms with Crippen LogP contribution in [0.3, 0.4) is 0 Å². The number of hydrogen-bond donors (Lipinski definition) is 0. The van der Waals surface area contributed by atoms with Crippen LogP contribution in [0.5, 0.6) is 0 Å².